The van der Waals surface area contributed by atoms with Crippen LogP contribution in [0, 0.1) is 0 Å². The molecule has 0 saturated heterocycles. The number of nitrogens with one attached hydrogen (secondary N) is 1. The fourth-order valence-electron chi connectivity index (χ4n) is 3.97. The van der Waals surface area contributed by atoms with Gasteiger partial charge in [-0.15, -0.1) is 11.3 Å². The summed E-state index contributed by atoms with van der Waals surface area (Å²) >= 11 is 1.86. The molecule has 0 amide bonds. The van der Waals surface area contributed by atoms with Gasteiger partial charge in [-0.05, 0) is 30.3 Å². The molecule has 6 rings (SSSR count). The van der Waals surface area contributed by atoms with E-state index in [-0.39, 0.29) is 0 Å². The predicted molar refractivity (Wildman–Crippen MR) is 112 cm³/mol. The molecule has 0 atom stereocenters. The zero-order valence-electron chi connectivity index (χ0n) is 13.9. The van der Waals surface area contributed by atoms with E-state index in [1.165, 1.54) is 36.5 Å². The number of aromatic nitrogens is 2. The molecule has 0 aliphatic rings. The van der Waals surface area contributed by atoms with E-state index in [0.717, 1.165) is 16.8 Å². The monoisotopic (exact) mass is 350 g/mol. The van der Waals surface area contributed by atoms with E-state index in [1.54, 1.807) is 0 Å². The van der Waals surface area contributed by atoms with E-state index in [0.29, 0.717) is 0 Å². The summed E-state index contributed by atoms with van der Waals surface area (Å²) in [4.78, 5) is 8.21. The third kappa shape index (κ3) is 1.83. The minimum atomic E-state index is 0.996. The van der Waals surface area contributed by atoms with Gasteiger partial charge in [-0.1, -0.05) is 42.5 Å². The van der Waals surface area contributed by atoms with Crippen molar-refractivity contribution in [3.05, 3.63) is 79.0 Å². The lowest BCUT2D eigenvalue weighted by atomic mass is 10.0. The molecule has 3 aromatic carbocycles. The number of nitrogens with zero attached hydrogens (tertiary/aromatic N) is 1. The van der Waals surface area contributed by atoms with Crippen LogP contribution in [0.3, 0.4) is 0 Å². The average molecular weight is 350 g/mol. The Morgan fingerprint density at radius 1 is 0.692 bits per heavy atom. The van der Waals surface area contributed by atoms with Gasteiger partial charge in [0, 0.05) is 48.2 Å². The third-order valence-corrected chi connectivity index (χ3v) is 6.21. The molecular formula is C23H14N2S. The Labute approximate surface area is 153 Å². The van der Waals surface area contributed by atoms with E-state index >= 15 is 0 Å². The Bertz CT molecular complexity index is 1420. The van der Waals surface area contributed by atoms with Crippen LogP contribution >= 0.6 is 11.3 Å². The lowest BCUT2D eigenvalue weighted by molar-refractivity contribution is 1.33. The SMILES string of the molecule is c1ccc(-c2cccc3c2[nH]c2ccc4sc5ccccc5c4c23)nc1. The molecule has 26 heavy (non-hydrogen) atoms. The van der Waals surface area contributed by atoms with Crippen LogP contribution in [0.2, 0.25) is 0 Å². The Balaban J connectivity index is 1.83. The van der Waals surface area contributed by atoms with Gasteiger partial charge in [0.15, 0.2) is 0 Å². The van der Waals surface area contributed by atoms with Crippen molar-refractivity contribution in [2.24, 2.45) is 0 Å². The first kappa shape index (κ1) is 14.0. The van der Waals surface area contributed by atoms with E-state index in [9.17, 15) is 0 Å². The van der Waals surface area contributed by atoms with Crippen molar-refractivity contribution < 1.29 is 0 Å². The highest BCUT2D eigenvalue weighted by atomic mass is 32.1. The number of para-hydroxylation sites is 1. The fourth-order valence-corrected chi connectivity index (χ4v) is 5.08. The van der Waals surface area contributed by atoms with Gasteiger partial charge in [0.2, 0.25) is 0 Å². The number of rotatable bonds is 1. The molecular weight excluding hydrogens is 336 g/mol. The third-order valence-electron chi connectivity index (χ3n) is 5.08. The number of hydrogen-bond acceptors (Lipinski definition) is 2. The number of H-pyrrole nitrogens is 1. The second-order valence-corrected chi connectivity index (χ2v) is 7.61. The molecule has 2 nitrogen and oxygen atoms in total. The molecule has 0 bridgehead atoms. The van der Waals surface area contributed by atoms with Gasteiger partial charge in [0.25, 0.3) is 0 Å². The van der Waals surface area contributed by atoms with Crippen LogP contribution in [0.1, 0.15) is 0 Å². The summed E-state index contributed by atoms with van der Waals surface area (Å²) in [5.41, 5.74) is 4.48. The van der Waals surface area contributed by atoms with Gasteiger partial charge in [-0.3, -0.25) is 4.98 Å². The maximum atomic E-state index is 4.55. The van der Waals surface area contributed by atoms with Crippen molar-refractivity contribution in [1.82, 2.24) is 9.97 Å². The Morgan fingerprint density at radius 2 is 1.58 bits per heavy atom. The number of aromatic amines is 1. The summed E-state index contributed by atoms with van der Waals surface area (Å²) in [6.45, 7) is 0. The van der Waals surface area contributed by atoms with Crippen LogP contribution in [0.4, 0.5) is 0 Å². The van der Waals surface area contributed by atoms with Crippen molar-refractivity contribution in [3.63, 3.8) is 0 Å². The molecule has 3 heterocycles. The summed E-state index contributed by atoms with van der Waals surface area (Å²) in [5, 5.41) is 5.26. The van der Waals surface area contributed by atoms with Crippen molar-refractivity contribution in [1.29, 1.82) is 0 Å². The number of benzene rings is 3. The maximum Gasteiger partial charge on any atom is 0.0723 e. The Morgan fingerprint density at radius 3 is 2.50 bits per heavy atom. The van der Waals surface area contributed by atoms with E-state index < -0.39 is 0 Å². The van der Waals surface area contributed by atoms with Crippen LogP contribution < -0.4 is 0 Å². The van der Waals surface area contributed by atoms with Crippen LogP contribution in [0.25, 0.3) is 53.2 Å². The molecule has 0 fully saturated rings. The molecule has 3 aromatic heterocycles. The topological polar surface area (TPSA) is 28.7 Å². The van der Waals surface area contributed by atoms with Gasteiger partial charge < -0.3 is 4.98 Å². The summed E-state index contributed by atoms with van der Waals surface area (Å²) in [7, 11) is 0. The van der Waals surface area contributed by atoms with Crippen LogP contribution in [0.5, 0.6) is 0 Å². The lowest BCUT2D eigenvalue weighted by Crippen LogP contribution is -1.83. The van der Waals surface area contributed by atoms with Gasteiger partial charge in [0.1, 0.15) is 0 Å². The molecule has 0 unspecified atom stereocenters. The molecule has 0 aliphatic carbocycles. The molecule has 1 N–H and O–H groups in total. The summed E-state index contributed by atoms with van der Waals surface area (Å²) in [5.74, 6) is 0. The number of thiophene rings is 1. The van der Waals surface area contributed by atoms with Crippen molar-refractivity contribution >= 4 is 53.3 Å². The van der Waals surface area contributed by atoms with Crippen LogP contribution in [-0.4, -0.2) is 9.97 Å². The molecule has 0 saturated carbocycles. The first-order valence-electron chi connectivity index (χ1n) is 8.66. The van der Waals surface area contributed by atoms with Gasteiger partial charge in [-0.2, -0.15) is 0 Å². The molecule has 6 aromatic rings. The average Bonchev–Trinajstić information content (AvgIpc) is 3.26. The summed E-state index contributed by atoms with van der Waals surface area (Å²) in [6, 6.07) is 25.7. The van der Waals surface area contributed by atoms with Gasteiger partial charge in [-0.25, -0.2) is 0 Å². The number of hydrogen-bond donors (Lipinski definition) is 1. The molecule has 3 heteroatoms. The van der Waals surface area contributed by atoms with Crippen molar-refractivity contribution in [3.8, 4) is 11.3 Å². The highest BCUT2D eigenvalue weighted by Crippen LogP contribution is 2.42. The summed E-state index contributed by atoms with van der Waals surface area (Å²) in [6.07, 6.45) is 1.85. The van der Waals surface area contributed by atoms with E-state index in [1.807, 2.05) is 29.7 Å². The first-order valence-corrected chi connectivity index (χ1v) is 9.48. The minimum Gasteiger partial charge on any atom is -0.354 e. The second-order valence-electron chi connectivity index (χ2n) is 6.53. The van der Waals surface area contributed by atoms with Crippen molar-refractivity contribution in [2.45, 2.75) is 0 Å². The highest BCUT2D eigenvalue weighted by Gasteiger charge is 2.15. The molecule has 0 aliphatic heterocycles. The van der Waals surface area contributed by atoms with Crippen LogP contribution in [0.15, 0.2) is 79.0 Å². The highest BCUT2D eigenvalue weighted by molar-refractivity contribution is 7.26. The maximum absolute atomic E-state index is 4.55. The minimum absolute atomic E-state index is 0.996. The fraction of sp³-hybridized carbons (Fsp3) is 0. The predicted octanol–water partition coefficient (Wildman–Crippen LogP) is 6.75. The molecule has 0 spiro atoms. The largest absolute Gasteiger partial charge is 0.354 e. The number of pyridine rings is 1. The molecule has 122 valence electrons. The normalized spacial score (nSPS) is 11.8. The quantitative estimate of drug-likeness (QED) is 0.349. The smallest absolute Gasteiger partial charge is 0.0723 e. The zero-order valence-corrected chi connectivity index (χ0v) is 14.7. The lowest BCUT2D eigenvalue weighted by Gasteiger charge is -2.02. The Hall–Kier alpha value is -3.17. The van der Waals surface area contributed by atoms with Crippen molar-refractivity contribution in [2.75, 3.05) is 0 Å². The van der Waals surface area contributed by atoms with E-state index in [2.05, 4.69) is 70.6 Å². The van der Waals surface area contributed by atoms with Crippen LogP contribution in [-0.2, 0) is 0 Å². The second kappa shape index (κ2) is 5.16. The van der Waals surface area contributed by atoms with Gasteiger partial charge >= 0.3 is 0 Å². The standard InChI is InChI=1S/C23H14N2S/c1-2-10-19-15(6-1)22-20(26-19)12-11-18-21(22)16-8-5-7-14(23(16)25-18)17-9-3-4-13-24-17/h1-13,25H. The summed E-state index contributed by atoms with van der Waals surface area (Å²) < 4.78 is 2.67. The molecule has 0 radical (unpaired) electrons. The zero-order chi connectivity index (χ0) is 17.1. The van der Waals surface area contributed by atoms with E-state index in [4.69, 9.17) is 0 Å². The first-order chi connectivity index (χ1) is 12.9. The Kier molecular flexibility index (Phi) is 2.79. The number of fused-ring (bicyclic) bond motifs is 7. The van der Waals surface area contributed by atoms with Gasteiger partial charge in [0.05, 0.1) is 11.2 Å².